The normalized spacial score (nSPS) is 10.9. The molecule has 1 heterocycles. The minimum Gasteiger partial charge on any atom is -0.330 e. The van der Waals surface area contributed by atoms with Crippen molar-refractivity contribution < 1.29 is 0 Å². The lowest BCUT2D eigenvalue weighted by atomic mass is 10.1. The van der Waals surface area contributed by atoms with Crippen LogP contribution in [0.25, 0.3) is 5.69 Å². The first kappa shape index (κ1) is 13.1. The minimum absolute atomic E-state index is 0.632. The van der Waals surface area contributed by atoms with Gasteiger partial charge in [0, 0.05) is 5.69 Å². The van der Waals surface area contributed by atoms with Crippen molar-refractivity contribution in [3.8, 4) is 5.69 Å². The molecular formula is C14H18ClN3. The van der Waals surface area contributed by atoms with Crippen molar-refractivity contribution in [3.63, 3.8) is 0 Å². The van der Waals surface area contributed by atoms with Gasteiger partial charge in [-0.2, -0.15) is 5.10 Å². The van der Waals surface area contributed by atoms with E-state index in [1.807, 2.05) is 30.8 Å². The van der Waals surface area contributed by atoms with Crippen LogP contribution in [0.2, 0.25) is 5.02 Å². The number of hydrogen-bond acceptors (Lipinski definition) is 2. The molecule has 0 amide bonds. The van der Waals surface area contributed by atoms with Gasteiger partial charge in [0.05, 0.1) is 16.9 Å². The molecule has 0 saturated carbocycles. The number of nitrogens with two attached hydrogens (primary N) is 1. The second kappa shape index (κ2) is 5.12. The average molecular weight is 264 g/mol. The molecule has 0 bridgehead atoms. The Morgan fingerprint density at radius 3 is 2.61 bits per heavy atom. The van der Waals surface area contributed by atoms with Crippen LogP contribution in [0.5, 0.6) is 0 Å². The zero-order valence-electron chi connectivity index (χ0n) is 11.0. The highest BCUT2D eigenvalue weighted by atomic mass is 35.5. The van der Waals surface area contributed by atoms with Crippen LogP contribution in [0.3, 0.4) is 0 Å². The Morgan fingerprint density at radius 2 is 2.00 bits per heavy atom. The lowest BCUT2D eigenvalue weighted by Crippen LogP contribution is -2.06. The quantitative estimate of drug-likeness (QED) is 0.925. The largest absolute Gasteiger partial charge is 0.330 e. The van der Waals surface area contributed by atoms with E-state index in [0.29, 0.717) is 6.54 Å². The van der Waals surface area contributed by atoms with Crippen molar-refractivity contribution >= 4 is 11.6 Å². The second-order valence-corrected chi connectivity index (χ2v) is 5.03. The molecule has 0 saturated heterocycles. The van der Waals surface area contributed by atoms with Crippen LogP contribution < -0.4 is 5.73 Å². The van der Waals surface area contributed by atoms with Crippen molar-refractivity contribution in [1.29, 1.82) is 0 Å². The molecule has 0 aliphatic carbocycles. The zero-order valence-corrected chi connectivity index (χ0v) is 11.8. The molecule has 0 spiro atoms. The van der Waals surface area contributed by atoms with E-state index in [-0.39, 0.29) is 0 Å². The molecule has 0 aliphatic rings. The fourth-order valence-corrected chi connectivity index (χ4v) is 2.65. The molecule has 2 N–H and O–H groups in total. The summed E-state index contributed by atoms with van der Waals surface area (Å²) >= 11 is 6.34. The highest BCUT2D eigenvalue weighted by Crippen LogP contribution is 2.27. The maximum Gasteiger partial charge on any atom is 0.0864 e. The monoisotopic (exact) mass is 263 g/mol. The molecule has 96 valence electrons. The van der Waals surface area contributed by atoms with E-state index in [4.69, 9.17) is 17.3 Å². The van der Waals surface area contributed by atoms with E-state index >= 15 is 0 Å². The summed E-state index contributed by atoms with van der Waals surface area (Å²) in [6.45, 7) is 6.77. The third-order valence-electron chi connectivity index (χ3n) is 3.14. The lowest BCUT2D eigenvalue weighted by molar-refractivity contribution is 0.835. The molecule has 0 radical (unpaired) electrons. The number of nitrogens with zero attached hydrogens (tertiary/aromatic N) is 2. The molecule has 4 heteroatoms. The summed E-state index contributed by atoms with van der Waals surface area (Å²) in [4.78, 5) is 0. The predicted molar refractivity (Wildman–Crippen MR) is 75.5 cm³/mol. The maximum absolute atomic E-state index is 6.34. The molecule has 0 unspecified atom stereocenters. The summed E-state index contributed by atoms with van der Waals surface area (Å²) in [5, 5.41) is 5.17. The molecular weight excluding hydrogens is 246 g/mol. The Balaban J connectivity index is 2.56. The van der Waals surface area contributed by atoms with Gasteiger partial charge in [0.2, 0.25) is 0 Å². The number of rotatable bonds is 3. The molecule has 2 aromatic rings. The van der Waals surface area contributed by atoms with Crippen LogP contribution >= 0.6 is 11.6 Å². The Morgan fingerprint density at radius 1 is 1.28 bits per heavy atom. The first-order valence-electron chi connectivity index (χ1n) is 6.05. The summed E-state index contributed by atoms with van der Waals surface area (Å²) in [6.07, 6.45) is 2.71. The van der Waals surface area contributed by atoms with Crippen molar-refractivity contribution in [2.45, 2.75) is 27.2 Å². The van der Waals surface area contributed by atoms with Gasteiger partial charge in [-0.3, -0.25) is 0 Å². The van der Waals surface area contributed by atoms with Crippen LogP contribution in [0.1, 0.15) is 22.4 Å². The molecule has 1 aromatic carbocycles. The highest BCUT2D eigenvalue weighted by molar-refractivity contribution is 6.32. The predicted octanol–water partition coefficient (Wildman–Crippen LogP) is 2.95. The van der Waals surface area contributed by atoms with Crippen molar-refractivity contribution in [3.05, 3.63) is 45.7 Å². The molecule has 1 aromatic heterocycles. The van der Waals surface area contributed by atoms with Gasteiger partial charge in [-0.05, 0) is 56.5 Å². The van der Waals surface area contributed by atoms with Gasteiger partial charge in [0.15, 0.2) is 0 Å². The number of benzene rings is 1. The van der Waals surface area contributed by atoms with Gasteiger partial charge in [-0.25, -0.2) is 4.68 Å². The summed E-state index contributed by atoms with van der Waals surface area (Å²) in [5.74, 6) is 0. The summed E-state index contributed by atoms with van der Waals surface area (Å²) in [7, 11) is 0. The fraction of sp³-hybridized carbons (Fsp3) is 0.357. The first-order valence-corrected chi connectivity index (χ1v) is 6.43. The van der Waals surface area contributed by atoms with E-state index in [2.05, 4.69) is 18.1 Å². The topological polar surface area (TPSA) is 43.8 Å². The number of halogens is 1. The Bertz CT molecular complexity index is 549. The van der Waals surface area contributed by atoms with Crippen molar-refractivity contribution in [1.82, 2.24) is 9.78 Å². The van der Waals surface area contributed by atoms with Crippen LogP contribution in [0, 0.1) is 20.8 Å². The molecule has 3 nitrogen and oxygen atoms in total. The van der Waals surface area contributed by atoms with Gasteiger partial charge in [0.1, 0.15) is 0 Å². The third kappa shape index (κ3) is 2.28. The molecule has 0 aliphatic heterocycles. The molecule has 18 heavy (non-hydrogen) atoms. The lowest BCUT2D eigenvalue weighted by Gasteiger charge is -2.12. The van der Waals surface area contributed by atoms with E-state index in [1.165, 1.54) is 5.56 Å². The summed E-state index contributed by atoms with van der Waals surface area (Å²) in [6, 6.07) is 4.08. The first-order chi connectivity index (χ1) is 8.54. The molecule has 0 atom stereocenters. The van der Waals surface area contributed by atoms with Gasteiger partial charge in [0.25, 0.3) is 0 Å². The zero-order chi connectivity index (χ0) is 13.3. The molecule has 2 rings (SSSR count). The van der Waals surface area contributed by atoms with Crippen molar-refractivity contribution in [2.24, 2.45) is 5.73 Å². The van der Waals surface area contributed by atoms with Crippen LogP contribution in [0.4, 0.5) is 0 Å². The highest BCUT2D eigenvalue weighted by Gasteiger charge is 2.13. The number of aryl methyl sites for hydroxylation is 2. The Kier molecular flexibility index (Phi) is 3.73. The van der Waals surface area contributed by atoms with Gasteiger partial charge >= 0.3 is 0 Å². The van der Waals surface area contributed by atoms with Crippen LogP contribution in [-0.2, 0) is 6.42 Å². The summed E-state index contributed by atoms with van der Waals surface area (Å²) in [5.41, 5.74) is 11.1. The van der Waals surface area contributed by atoms with Crippen LogP contribution in [-0.4, -0.2) is 16.3 Å². The van der Waals surface area contributed by atoms with E-state index in [9.17, 15) is 0 Å². The van der Waals surface area contributed by atoms with E-state index < -0.39 is 0 Å². The second-order valence-electron chi connectivity index (χ2n) is 4.62. The SMILES string of the molecule is Cc1cc(C)c(-n2ncc(CCN)c2C)c(Cl)c1. The number of hydrogen-bond donors (Lipinski definition) is 1. The third-order valence-corrected chi connectivity index (χ3v) is 3.42. The average Bonchev–Trinajstić information content (AvgIpc) is 2.61. The number of aromatic nitrogens is 2. The van der Waals surface area contributed by atoms with Crippen molar-refractivity contribution in [2.75, 3.05) is 6.54 Å². The van der Waals surface area contributed by atoms with Gasteiger partial charge in [-0.15, -0.1) is 0 Å². The smallest absolute Gasteiger partial charge is 0.0864 e. The summed E-state index contributed by atoms with van der Waals surface area (Å²) < 4.78 is 1.90. The maximum atomic E-state index is 6.34. The Labute approximate surface area is 113 Å². The van der Waals surface area contributed by atoms with E-state index in [0.717, 1.165) is 34.0 Å². The minimum atomic E-state index is 0.632. The van der Waals surface area contributed by atoms with E-state index in [1.54, 1.807) is 0 Å². The molecule has 0 fully saturated rings. The Hall–Kier alpha value is -1.32. The fourth-order valence-electron chi connectivity index (χ4n) is 2.25. The van der Waals surface area contributed by atoms with Gasteiger partial charge < -0.3 is 5.73 Å². The van der Waals surface area contributed by atoms with Gasteiger partial charge in [-0.1, -0.05) is 17.7 Å². The van der Waals surface area contributed by atoms with Crippen LogP contribution in [0.15, 0.2) is 18.3 Å². The standard InChI is InChI=1S/C14H18ClN3/c1-9-6-10(2)14(13(15)7-9)18-11(3)12(4-5-16)8-17-18/h6-8H,4-5,16H2,1-3H3.